The van der Waals surface area contributed by atoms with Crippen LogP contribution in [0.15, 0.2) is 24.3 Å². The molecule has 1 aromatic carbocycles. The summed E-state index contributed by atoms with van der Waals surface area (Å²) in [5.41, 5.74) is 0.633. The molecule has 1 heterocycles. The molecular formula is C18H23NO5. The maximum Gasteiger partial charge on any atom is 0.308 e. The van der Waals surface area contributed by atoms with Crippen LogP contribution in [0, 0.1) is 5.92 Å². The molecule has 1 aliphatic heterocycles. The van der Waals surface area contributed by atoms with Crippen molar-refractivity contribution in [3.8, 4) is 5.75 Å². The molecule has 1 amide bonds. The molecule has 24 heavy (non-hydrogen) atoms. The third-order valence-electron chi connectivity index (χ3n) is 4.46. The zero-order valence-corrected chi connectivity index (χ0v) is 14.0. The first kappa shape index (κ1) is 18.0. The van der Waals surface area contributed by atoms with E-state index in [0.717, 1.165) is 0 Å². The molecule has 1 aliphatic rings. The molecule has 1 fully saturated rings. The number of amides is 1. The van der Waals surface area contributed by atoms with Crippen molar-refractivity contribution >= 4 is 17.7 Å². The van der Waals surface area contributed by atoms with Gasteiger partial charge in [-0.1, -0.05) is 0 Å². The number of carbonyl (C=O) groups excluding carboxylic acids is 2. The zero-order chi connectivity index (χ0) is 17.7. The number of hydrogen-bond donors (Lipinski definition) is 1. The summed E-state index contributed by atoms with van der Waals surface area (Å²) in [4.78, 5) is 36.1. The Balaban J connectivity index is 1.73. The molecule has 0 spiro atoms. The lowest BCUT2D eigenvalue weighted by Crippen LogP contribution is -2.37. The number of ketones is 1. The maximum absolute atomic E-state index is 12.2. The van der Waals surface area contributed by atoms with E-state index >= 15 is 0 Å². The number of aliphatic carboxylic acids is 1. The summed E-state index contributed by atoms with van der Waals surface area (Å²) in [6.07, 6.45) is 1.41. The minimum absolute atomic E-state index is 0.00606. The number of benzene rings is 1. The fraction of sp³-hybridized carbons (Fsp3) is 0.500. The van der Waals surface area contributed by atoms with Gasteiger partial charge in [0.25, 0.3) is 0 Å². The molecule has 1 saturated heterocycles. The first-order chi connectivity index (χ1) is 11.4. The molecule has 1 N–H and O–H groups in total. The van der Waals surface area contributed by atoms with Crippen LogP contribution in [0.3, 0.4) is 0 Å². The van der Waals surface area contributed by atoms with Gasteiger partial charge in [-0.3, -0.25) is 14.4 Å². The summed E-state index contributed by atoms with van der Waals surface area (Å²) in [6, 6.07) is 6.63. The number of ether oxygens (including phenoxy) is 1. The summed E-state index contributed by atoms with van der Waals surface area (Å²) >= 11 is 0. The van der Waals surface area contributed by atoms with Crippen LogP contribution in [-0.4, -0.2) is 46.9 Å². The molecular weight excluding hydrogens is 310 g/mol. The topological polar surface area (TPSA) is 83.9 Å². The van der Waals surface area contributed by atoms with E-state index in [1.165, 1.54) is 6.92 Å². The SMILES string of the molecule is CC(=O)c1ccc(OCCCC(=O)N2CCC(C(=O)O)C2C)cc1. The number of carboxylic acids is 1. The number of carbonyl (C=O) groups is 3. The Hall–Kier alpha value is -2.37. The van der Waals surface area contributed by atoms with E-state index in [1.807, 2.05) is 0 Å². The van der Waals surface area contributed by atoms with Crippen LogP contribution in [0.25, 0.3) is 0 Å². The van der Waals surface area contributed by atoms with Gasteiger partial charge in [0.2, 0.25) is 5.91 Å². The largest absolute Gasteiger partial charge is 0.494 e. The molecule has 1 aromatic rings. The Morgan fingerprint density at radius 1 is 1.25 bits per heavy atom. The van der Waals surface area contributed by atoms with Gasteiger partial charge in [-0.2, -0.15) is 0 Å². The Morgan fingerprint density at radius 3 is 2.46 bits per heavy atom. The number of hydrogen-bond acceptors (Lipinski definition) is 4. The second kappa shape index (κ2) is 7.95. The number of likely N-dealkylation sites (tertiary alicyclic amines) is 1. The van der Waals surface area contributed by atoms with Crippen LogP contribution in [0.4, 0.5) is 0 Å². The highest BCUT2D eigenvalue weighted by Gasteiger charge is 2.37. The molecule has 6 nitrogen and oxygen atoms in total. The van der Waals surface area contributed by atoms with Crippen molar-refractivity contribution in [3.05, 3.63) is 29.8 Å². The first-order valence-corrected chi connectivity index (χ1v) is 8.16. The van der Waals surface area contributed by atoms with Crippen molar-refractivity contribution in [2.24, 2.45) is 5.92 Å². The highest BCUT2D eigenvalue weighted by molar-refractivity contribution is 5.94. The standard InChI is InChI=1S/C18H23NO5/c1-12-16(18(22)23)9-10-19(12)17(21)4-3-11-24-15-7-5-14(6-8-15)13(2)20/h5-8,12,16H,3-4,9-11H2,1-2H3,(H,22,23). The van der Waals surface area contributed by atoms with Gasteiger partial charge >= 0.3 is 5.97 Å². The maximum atomic E-state index is 12.2. The van der Waals surface area contributed by atoms with Gasteiger partial charge in [-0.25, -0.2) is 0 Å². The minimum Gasteiger partial charge on any atom is -0.494 e. The van der Waals surface area contributed by atoms with Gasteiger partial charge < -0.3 is 14.7 Å². The van der Waals surface area contributed by atoms with E-state index in [4.69, 9.17) is 9.84 Å². The molecule has 0 bridgehead atoms. The fourth-order valence-corrected chi connectivity index (χ4v) is 2.96. The van der Waals surface area contributed by atoms with E-state index in [0.29, 0.717) is 43.7 Å². The smallest absolute Gasteiger partial charge is 0.308 e. The van der Waals surface area contributed by atoms with Gasteiger partial charge in [0.15, 0.2) is 5.78 Å². The van der Waals surface area contributed by atoms with E-state index in [2.05, 4.69) is 0 Å². The summed E-state index contributed by atoms with van der Waals surface area (Å²) < 4.78 is 5.56. The quantitative estimate of drug-likeness (QED) is 0.612. The van der Waals surface area contributed by atoms with Crippen molar-refractivity contribution < 1.29 is 24.2 Å². The molecule has 0 saturated carbocycles. The molecule has 2 unspecified atom stereocenters. The Bertz CT molecular complexity index is 610. The van der Waals surface area contributed by atoms with Crippen LogP contribution < -0.4 is 4.74 Å². The normalized spacial score (nSPS) is 20.0. The lowest BCUT2D eigenvalue weighted by molar-refractivity contribution is -0.143. The van der Waals surface area contributed by atoms with Gasteiger partial charge in [-0.15, -0.1) is 0 Å². The number of nitrogens with zero attached hydrogens (tertiary/aromatic N) is 1. The third kappa shape index (κ3) is 4.34. The summed E-state index contributed by atoms with van der Waals surface area (Å²) in [5.74, 6) is -0.665. The summed E-state index contributed by atoms with van der Waals surface area (Å²) in [5, 5.41) is 9.10. The molecule has 2 atom stereocenters. The van der Waals surface area contributed by atoms with Crippen LogP contribution in [0.1, 0.15) is 43.5 Å². The number of Topliss-reactive ketones (excluding diaryl/α,β-unsaturated/α-hetero) is 1. The predicted molar refractivity (Wildman–Crippen MR) is 88.1 cm³/mol. The molecule has 6 heteroatoms. The molecule has 0 radical (unpaired) electrons. The van der Waals surface area contributed by atoms with Crippen molar-refractivity contribution in [1.82, 2.24) is 4.90 Å². The lowest BCUT2D eigenvalue weighted by Gasteiger charge is -2.23. The molecule has 2 rings (SSSR count). The first-order valence-electron chi connectivity index (χ1n) is 8.16. The second-order valence-electron chi connectivity index (χ2n) is 6.09. The van der Waals surface area contributed by atoms with E-state index in [-0.39, 0.29) is 17.7 Å². The molecule has 0 aromatic heterocycles. The van der Waals surface area contributed by atoms with E-state index < -0.39 is 11.9 Å². The summed E-state index contributed by atoms with van der Waals surface area (Å²) in [6.45, 7) is 4.20. The molecule has 130 valence electrons. The van der Waals surface area contributed by atoms with Gasteiger partial charge in [-0.05, 0) is 51.0 Å². The van der Waals surface area contributed by atoms with Crippen LogP contribution in [-0.2, 0) is 9.59 Å². The summed E-state index contributed by atoms with van der Waals surface area (Å²) in [7, 11) is 0. The van der Waals surface area contributed by atoms with Crippen LogP contribution in [0.2, 0.25) is 0 Å². The Labute approximate surface area is 141 Å². The Morgan fingerprint density at radius 2 is 1.92 bits per heavy atom. The average molecular weight is 333 g/mol. The third-order valence-corrected chi connectivity index (χ3v) is 4.46. The van der Waals surface area contributed by atoms with Crippen molar-refractivity contribution in [3.63, 3.8) is 0 Å². The molecule has 0 aliphatic carbocycles. The fourth-order valence-electron chi connectivity index (χ4n) is 2.96. The minimum atomic E-state index is -0.838. The highest BCUT2D eigenvalue weighted by Crippen LogP contribution is 2.25. The van der Waals surface area contributed by atoms with Gasteiger partial charge in [0, 0.05) is 24.6 Å². The van der Waals surface area contributed by atoms with Crippen molar-refractivity contribution in [2.75, 3.05) is 13.2 Å². The monoisotopic (exact) mass is 333 g/mol. The van der Waals surface area contributed by atoms with Crippen LogP contribution >= 0.6 is 0 Å². The van der Waals surface area contributed by atoms with Gasteiger partial charge in [0.05, 0.1) is 12.5 Å². The van der Waals surface area contributed by atoms with Crippen molar-refractivity contribution in [2.45, 2.75) is 39.2 Å². The highest BCUT2D eigenvalue weighted by atomic mass is 16.5. The Kier molecular flexibility index (Phi) is 5.95. The average Bonchev–Trinajstić information content (AvgIpc) is 2.93. The van der Waals surface area contributed by atoms with Crippen molar-refractivity contribution in [1.29, 1.82) is 0 Å². The number of carboxylic acid groups (broad SMARTS) is 1. The van der Waals surface area contributed by atoms with E-state index in [9.17, 15) is 14.4 Å². The second-order valence-corrected chi connectivity index (χ2v) is 6.09. The van der Waals surface area contributed by atoms with Crippen LogP contribution in [0.5, 0.6) is 5.75 Å². The zero-order valence-electron chi connectivity index (χ0n) is 14.0. The lowest BCUT2D eigenvalue weighted by atomic mass is 10.0. The number of rotatable bonds is 7. The predicted octanol–water partition coefficient (Wildman–Crippen LogP) is 2.37. The van der Waals surface area contributed by atoms with E-state index in [1.54, 1.807) is 36.1 Å². The van der Waals surface area contributed by atoms with Gasteiger partial charge in [0.1, 0.15) is 5.75 Å².